The van der Waals surface area contributed by atoms with Gasteiger partial charge < -0.3 is 10.1 Å². The molecule has 1 aromatic rings. The van der Waals surface area contributed by atoms with Crippen LogP contribution >= 0.6 is 0 Å². The van der Waals surface area contributed by atoms with E-state index in [1.165, 1.54) is 44.9 Å². The molecule has 0 spiro atoms. The van der Waals surface area contributed by atoms with E-state index in [1.807, 2.05) is 19.9 Å². The molecule has 0 radical (unpaired) electrons. The Hall–Kier alpha value is -1.35. The van der Waals surface area contributed by atoms with Crippen LogP contribution in [0.4, 0.5) is 0 Å². The predicted molar refractivity (Wildman–Crippen MR) is 94.3 cm³/mol. The van der Waals surface area contributed by atoms with Gasteiger partial charge in [-0.3, -0.25) is 4.79 Å². The van der Waals surface area contributed by atoms with Crippen molar-refractivity contribution in [2.24, 2.45) is 0 Å². The van der Waals surface area contributed by atoms with Crippen molar-refractivity contribution < 1.29 is 9.53 Å². The van der Waals surface area contributed by atoms with Crippen LogP contribution < -0.4 is 10.1 Å². The lowest BCUT2D eigenvalue weighted by atomic mass is 9.86. The Bertz CT molecular complexity index is 357. The van der Waals surface area contributed by atoms with Crippen LogP contribution in [0.3, 0.4) is 0 Å². The van der Waals surface area contributed by atoms with E-state index >= 15 is 0 Å². The Kier molecular flexibility index (Phi) is 12.5. The number of hydrogen-bond donors (Lipinski definition) is 1. The second-order valence-electron chi connectivity index (χ2n) is 5.61. The largest absolute Gasteiger partial charge is 0.429 e. The molecule has 3 heteroatoms. The molecule has 126 valence electrons. The van der Waals surface area contributed by atoms with Crippen molar-refractivity contribution in [1.29, 1.82) is 0 Å². The normalized spacial score (nSPS) is 16.5. The van der Waals surface area contributed by atoms with Crippen LogP contribution in [0.15, 0.2) is 30.3 Å². The van der Waals surface area contributed by atoms with Crippen LogP contribution in [-0.2, 0) is 4.79 Å². The third kappa shape index (κ3) is 9.56. The summed E-state index contributed by atoms with van der Waals surface area (Å²) in [6.07, 6.45) is 9.90. The molecule has 0 aliphatic heterocycles. The Labute approximate surface area is 136 Å². The number of hydrogen-bond acceptors (Lipinski definition) is 3. The summed E-state index contributed by atoms with van der Waals surface area (Å²) in [4.78, 5) is 9.75. The third-order valence-electron chi connectivity index (χ3n) is 3.99. The second-order valence-corrected chi connectivity index (χ2v) is 5.61. The predicted octanol–water partition coefficient (Wildman–Crippen LogP) is 4.96. The molecule has 1 aliphatic rings. The van der Waals surface area contributed by atoms with E-state index < -0.39 is 0 Å². The molecule has 0 bridgehead atoms. The SMILES string of the molecule is CC.CNC1(C)CCCCCCC1.O=COc1ccccc1. The Morgan fingerprint density at radius 1 is 1.00 bits per heavy atom. The maximum atomic E-state index is 9.75. The molecule has 0 saturated heterocycles. The molecule has 22 heavy (non-hydrogen) atoms. The highest BCUT2D eigenvalue weighted by molar-refractivity contribution is 5.44. The number of para-hydroxylation sites is 1. The van der Waals surface area contributed by atoms with Gasteiger partial charge in [-0.2, -0.15) is 0 Å². The average molecular weight is 307 g/mol. The van der Waals surface area contributed by atoms with E-state index in [0.29, 0.717) is 17.8 Å². The number of rotatable bonds is 3. The van der Waals surface area contributed by atoms with Gasteiger partial charge in [0.05, 0.1) is 0 Å². The first-order chi connectivity index (χ1) is 10.7. The average Bonchev–Trinajstić information content (AvgIpc) is 2.55. The van der Waals surface area contributed by atoms with Gasteiger partial charge in [0.1, 0.15) is 5.75 Å². The maximum absolute atomic E-state index is 9.75. The van der Waals surface area contributed by atoms with Crippen molar-refractivity contribution in [3.63, 3.8) is 0 Å². The molecule has 1 aliphatic carbocycles. The minimum atomic E-state index is 0.412. The maximum Gasteiger partial charge on any atom is 0.298 e. The highest BCUT2D eigenvalue weighted by Gasteiger charge is 2.21. The molecule has 1 N–H and O–H groups in total. The van der Waals surface area contributed by atoms with Gasteiger partial charge in [-0.15, -0.1) is 0 Å². The smallest absolute Gasteiger partial charge is 0.298 e. The molecule has 0 aromatic heterocycles. The van der Waals surface area contributed by atoms with Crippen molar-refractivity contribution >= 4 is 6.47 Å². The van der Waals surface area contributed by atoms with Crippen LogP contribution in [0.25, 0.3) is 0 Å². The van der Waals surface area contributed by atoms with E-state index in [1.54, 1.807) is 24.3 Å². The summed E-state index contributed by atoms with van der Waals surface area (Å²) in [6.45, 7) is 6.77. The fourth-order valence-corrected chi connectivity index (χ4v) is 2.49. The highest BCUT2D eigenvalue weighted by Crippen LogP contribution is 2.25. The third-order valence-corrected chi connectivity index (χ3v) is 3.99. The molecular weight excluding hydrogens is 274 g/mol. The molecule has 0 heterocycles. The molecule has 1 saturated carbocycles. The van der Waals surface area contributed by atoms with E-state index in [4.69, 9.17) is 0 Å². The van der Waals surface area contributed by atoms with E-state index in [2.05, 4.69) is 24.0 Å². The van der Waals surface area contributed by atoms with Crippen molar-refractivity contribution in [1.82, 2.24) is 5.32 Å². The van der Waals surface area contributed by atoms with E-state index in [0.717, 1.165) is 0 Å². The first kappa shape index (κ1) is 20.6. The van der Waals surface area contributed by atoms with E-state index in [-0.39, 0.29) is 0 Å². The summed E-state index contributed by atoms with van der Waals surface area (Å²) in [7, 11) is 2.10. The zero-order valence-corrected chi connectivity index (χ0v) is 14.7. The minimum Gasteiger partial charge on any atom is -0.429 e. The zero-order valence-electron chi connectivity index (χ0n) is 14.7. The van der Waals surface area contributed by atoms with Crippen molar-refractivity contribution in [3.05, 3.63) is 30.3 Å². The zero-order chi connectivity index (χ0) is 16.7. The van der Waals surface area contributed by atoms with E-state index in [9.17, 15) is 4.79 Å². The van der Waals surface area contributed by atoms with Gasteiger partial charge in [0.15, 0.2) is 0 Å². The fourth-order valence-electron chi connectivity index (χ4n) is 2.49. The van der Waals surface area contributed by atoms with Gasteiger partial charge in [0.25, 0.3) is 6.47 Å². The van der Waals surface area contributed by atoms with Crippen LogP contribution in [0.5, 0.6) is 5.75 Å². The summed E-state index contributed by atoms with van der Waals surface area (Å²) < 4.78 is 4.53. The first-order valence-electron chi connectivity index (χ1n) is 8.54. The fraction of sp³-hybridized carbons (Fsp3) is 0.632. The Morgan fingerprint density at radius 2 is 1.50 bits per heavy atom. The first-order valence-corrected chi connectivity index (χ1v) is 8.54. The Balaban J connectivity index is 0.000000366. The van der Waals surface area contributed by atoms with Gasteiger partial charge in [-0.05, 0) is 38.9 Å². The lowest BCUT2D eigenvalue weighted by Gasteiger charge is -2.31. The topological polar surface area (TPSA) is 38.3 Å². The molecule has 1 aromatic carbocycles. The highest BCUT2D eigenvalue weighted by atomic mass is 16.5. The van der Waals surface area contributed by atoms with Crippen molar-refractivity contribution in [2.75, 3.05) is 7.05 Å². The number of carbonyl (C=O) groups excluding carboxylic acids is 1. The van der Waals surface area contributed by atoms with Crippen LogP contribution in [-0.4, -0.2) is 19.1 Å². The number of ether oxygens (including phenoxy) is 1. The van der Waals surface area contributed by atoms with Crippen LogP contribution in [0.2, 0.25) is 0 Å². The Morgan fingerprint density at radius 3 is 1.95 bits per heavy atom. The quantitative estimate of drug-likeness (QED) is 0.802. The number of carbonyl (C=O) groups is 1. The summed E-state index contributed by atoms with van der Waals surface area (Å²) in [5.74, 6) is 0.576. The van der Waals surface area contributed by atoms with Gasteiger partial charge >= 0.3 is 0 Å². The molecule has 0 atom stereocenters. The minimum absolute atomic E-state index is 0.412. The molecule has 0 amide bonds. The van der Waals surface area contributed by atoms with Gasteiger partial charge in [-0.1, -0.05) is 64.2 Å². The standard InChI is InChI=1S/C10H21N.C7H6O2.C2H6/c1-10(11-2)8-6-4-3-5-7-9-10;8-6-9-7-4-2-1-3-5-7;1-2/h11H,3-9H2,1-2H3;1-6H;1-2H3. The van der Waals surface area contributed by atoms with Crippen molar-refractivity contribution in [2.45, 2.75) is 71.3 Å². The van der Waals surface area contributed by atoms with Crippen molar-refractivity contribution in [3.8, 4) is 5.75 Å². The monoisotopic (exact) mass is 307 g/mol. The lowest BCUT2D eigenvalue weighted by molar-refractivity contribution is -0.120. The van der Waals surface area contributed by atoms with Crippen LogP contribution in [0, 0.1) is 0 Å². The molecule has 3 nitrogen and oxygen atoms in total. The number of benzene rings is 1. The summed E-state index contributed by atoms with van der Waals surface area (Å²) in [6, 6.07) is 8.90. The van der Waals surface area contributed by atoms with Gasteiger partial charge in [0, 0.05) is 5.54 Å². The molecule has 1 fully saturated rings. The molecule has 0 unspecified atom stereocenters. The second kappa shape index (κ2) is 13.3. The summed E-state index contributed by atoms with van der Waals surface area (Å²) in [5, 5.41) is 3.45. The van der Waals surface area contributed by atoms with Gasteiger partial charge in [0.2, 0.25) is 0 Å². The lowest BCUT2D eigenvalue weighted by Crippen LogP contribution is -2.39. The summed E-state index contributed by atoms with van der Waals surface area (Å²) >= 11 is 0. The van der Waals surface area contributed by atoms with Crippen LogP contribution in [0.1, 0.15) is 65.7 Å². The number of nitrogens with one attached hydrogen (secondary N) is 1. The molecule has 2 rings (SSSR count). The van der Waals surface area contributed by atoms with Gasteiger partial charge in [-0.25, -0.2) is 0 Å². The molecular formula is C19H33NO2. The summed E-state index contributed by atoms with van der Waals surface area (Å²) in [5.41, 5.74) is 0.445.